The van der Waals surface area contributed by atoms with Crippen molar-refractivity contribution in [1.29, 1.82) is 0 Å². The van der Waals surface area contributed by atoms with Crippen LogP contribution in [0, 0.1) is 0 Å². The van der Waals surface area contributed by atoms with Gasteiger partial charge in [0.1, 0.15) is 0 Å². The first-order valence-corrected chi connectivity index (χ1v) is 6.77. The topological polar surface area (TPSA) is 80.0 Å². The van der Waals surface area contributed by atoms with Gasteiger partial charge >= 0.3 is 0 Å². The highest BCUT2D eigenvalue weighted by molar-refractivity contribution is 5.11. The van der Waals surface area contributed by atoms with Crippen molar-refractivity contribution in [3.8, 4) is 0 Å². The molecule has 0 aromatic carbocycles. The number of aromatic nitrogens is 5. The fourth-order valence-corrected chi connectivity index (χ4v) is 2.87. The summed E-state index contributed by atoms with van der Waals surface area (Å²) in [6, 6.07) is 4.27. The van der Waals surface area contributed by atoms with E-state index in [4.69, 9.17) is 0 Å². The Morgan fingerprint density at radius 2 is 2.30 bits per heavy atom. The smallest absolute Gasteiger partial charge is 0.168 e. The third kappa shape index (κ3) is 2.41. The number of pyridine rings is 1. The average molecular weight is 274 g/mol. The largest absolute Gasteiger partial charge is 0.395 e. The fraction of sp³-hybridized carbons (Fsp3) is 0.538. The normalized spacial score (nSPS) is 23.3. The zero-order valence-electron chi connectivity index (χ0n) is 11.4. The van der Waals surface area contributed by atoms with Crippen LogP contribution in [0.5, 0.6) is 0 Å². The molecular formula is C13H18N6O. The van der Waals surface area contributed by atoms with Crippen LogP contribution in [0.1, 0.15) is 30.3 Å². The van der Waals surface area contributed by atoms with Crippen molar-refractivity contribution in [2.45, 2.75) is 31.5 Å². The lowest BCUT2D eigenvalue weighted by Gasteiger charge is -2.28. The summed E-state index contributed by atoms with van der Waals surface area (Å²) in [4.78, 5) is 6.41. The van der Waals surface area contributed by atoms with Gasteiger partial charge in [-0.25, -0.2) is 4.68 Å². The van der Waals surface area contributed by atoms with Crippen molar-refractivity contribution >= 4 is 0 Å². The Labute approximate surface area is 117 Å². The van der Waals surface area contributed by atoms with Gasteiger partial charge in [-0.15, -0.1) is 5.10 Å². The molecule has 3 rings (SSSR count). The minimum Gasteiger partial charge on any atom is -0.395 e. The molecule has 0 aliphatic carbocycles. The second kappa shape index (κ2) is 5.64. The monoisotopic (exact) mass is 274 g/mol. The summed E-state index contributed by atoms with van der Waals surface area (Å²) in [5.74, 6) is 0.852. The van der Waals surface area contributed by atoms with Gasteiger partial charge in [0.05, 0.1) is 12.6 Å². The van der Waals surface area contributed by atoms with Crippen LogP contribution < -0.4 is 0 Å². The van der Waals surface area contributed by atoms with Gasteiger partial charge in [0.15, 0.2) is 5.82 Å². The highest BCUT2D eigenvalue weighted by atomic mass is 16.3. The maximum absolute atomic E-state index is 9.58. The van der Waals surface area contributed by atoms with E-state index in [1.165, 1.54) is 0 Å². The van der Waals surface area contributed by atoms with Crippen molar-refractivity contribution in [3.05, 3.63) is 35.9 Å². The first kappa shape index (κ1) is 13.1. The molecular weight excluding hydrogens is 256 g/mol. The molecule has 20 heavy (non-hydrogen) atoms. The Bertz CT molecular complexity index is 557. The molecule has 1 aliphatic rings. The molecule has 1 aliphatic heterocycles. The molecule has 2 atom stereocenters. The summed E-state index contributed by atoms with van der Waals surface area (Å²) in [6.45, 7) is 0.901. The minimum absolute atomic E-state index is 0.146. The van der Waals surface area contributed by atoms with Gasteiger partial charge in [-0.3, -0.25) is 9.88 Å². The van der Waals surface area contributed by atoms with Gasteiger partial charge in [-0.05, 0) is 34.9 Å². The lowest BCUT2D eigenvalue weighted by molar-refractivity contribution is 0.117. The first-order valence-electron chi connectivity index (χ1n) is 6.77. The van der Waals surface area contributed by atoms with E-state index in [0.717, 1.165) is 30.8 Å². The molecule has 0 saturated carbocycles. The zero-order chi connectivity index (χ0) is 13.9. The molecule has 106 valence electrons. The number of aliphatic hydroxyl groups is 1. The zero-order valence-corrected chi connectivity index (χ0v) is 11.4. The van der Waals surface area contributed by atoms with E-state index in [2.05, 4.69) is 25.4 Å². The van der Waals surface area contributed by atoms with Crippen LogP contribution in [0.2, 0.25) is 0 Å². The molecule has 2 aromatic heterocycles. The SMILES string of the molecule is Cn1nnnc1[C@@H]1CC[C@@H](CO)N1Cc1cccnc1. The van der Waals surface area contributed by atoms with E-state index in [0.29, 0.717) is 0 Å². The predicted molar refractivity (Wildman–Crippen MR) is 71.4 cm³/mol. The van der Waals surface area contributed by atoms with E-state index >= 15 is 0 Å². The van der Waals surface area contributed by atoms with Crippen LogP contribution in [-0.2, 0) is 13.6 Å². The van der Waals surface area contributed by atoms with Gasteiger partial charge in [-0.1, -0.05) is 6.07 Å². The van der Waals surface area contributed by atoms with Crippen molar-refractivity contribution in [1.82, 2.24) is 30.1 Å². The van der Waals surface area contributed by atoms with Crippen LogP contribution in [0.3, 0.4) is 0 Å². The molecule has 1 saturated heterocycles. The molecule has 0 unspecified atom stereocenters. The summed E-state index contributed by atoms with van der Waals surface area (Å²) in [5, 5.41) is 21.3. The molecule has 0 spiro atoms. The predicted octanol–water partition coefficient (Wildman–Crippen LogP) is 0.303. The van der Waals surface area contributed by atoms with Crippen LogP contribution in [0.25, 0.3) is 0 Å². The van der Waals surface area contributed by atoms with Crippen LogP contribution in [0.4, 0.5) is 0 Å². The summed E-state index contributed by atoms with van der Waals surface area (Å²) in [7, 11) is 1.85. The van der Waals surface area contributed by atoms with Crippen molar-refractivity contribution in [2.75, 3.05) is 6.61 Å². The molecule has 2 aromatic rings. The van der Waals surface area contributed by atoms with Crippen molar-refractivity contribution < 1.29 is 5.11 Å². The van der Waals surface area contributed by atoms with Gasteiger partial charge < -0.3 is 5.11 Å². The number of hydrogen-bond donors (Lipinski definition) is 1. The summed E-state index contributed by atoms with van der Waals surface area (Å²) >= 11 is 0. The Morgan fingerprint density at radius 3 is 2.95 bits per heavy atom. The number of hydrogen-bond acceptors (Lipinski definition) is 6. The number of tetrazole rings is 1. The first-order chi connectivity index (χ1) is 9.79. The maximum atomic E-state index is 9.58. The molecule has 7 heteroatoms. The molecule has 1 fully saturated rings. The summed E-state index contributed by atoms with van der Waals surface area (Å²) in [5.41, 5.74) is 1.13. The standard InChI is InChI=1S/C13H18N6O/c1-18-13(15-16-17-18)12-5-4-11(9-20)19(12)8-10-3-2-6-14-7-10/h2-3,6-7,11-12,20H,4-5,8-9H2,1H3/t11-,12-/m0/s1. The van der Waals surface area contributed by atoms with Crippen LogP contribution >= 0.6 is 0 Å². The van der Waals surface area contributed by atoms with E-state index in [1.807, 2.05) is 25.4 Å². The third-order valence-corrected chi connectivity index (χ3v) is 3.89. The number of aliphatic hydroxyl groups excluding tert-OH is 1. The van der Waals surface area contributed by atoms with E-state index < -0.39 is 0 Å². The maximum Gasteiger partial charge on any atom is 0.168 e. The van der Waals surface area contributed by atoms with Crippen molar-refractivity contribution in [2.24, 2.45) is 7.05 Å². The molecule has 0 bridgehead atoms. The van der Waals surface area contributed by atoms with Gasteiger partial charge in [0.25, 0.3) is 0 Å². The third-order valence-electron chi connectivity index (χ3n) is 3.89. The van der Waals surface area contributed by atoms with Crippen molar-refractivity contribution in [3.63, 3.8) is 0 Å². The van der Waals surface area contributed by atoms with Gasteiger partial charge in [0, 0.05) is 32.0 Å². The Hall–Kier alpha value is -1.86. The Balaban J connectivity index is 1.85. The highest BCUT2D eigenvalue weighted by Crippen LogP contribution is 2.35. The molecule has 1 N–H and O–H groups in total. The fourth-order valence-electron chi connectivity index (χ4n) is 2.87. The molecule has 0 radical (unpaired) electrons. The van der Waals surface area contributed by atoms with E-state index in [1.54, 1.807) is 10.9 Å². The molecule has 0 amide bonds. The number of nitrogens with zero attached hydrogens (tertiary/aromatic N) is 6. The number of rotatable bonds is 4. The van der Waals surface area contributed by atoms with Gasteiger partial charge in [0.2, 0.25) is 0 Å². The quantitative estimate of drug-likeness (QED) is 0.864. The summed E-state index contributed by atoms with van der Waals surface area (Å²) < 4.78 is 1.71. The number of likely N-dealkylation sites (tertiary alicyclic amines) is 1. The average Bonchev–Trinajstić information content (AvgIpc) is 3.06. The van der Waals surface area contributed by atoms with Gasteiger partial charge in [-0.2, -0.15) is 0 Å². The Kier molecular flexibility index (Phi) is 3.70. The van der Waals surface area contributed by atoms with E-state index in [9.17, 15) is 5.11 Å². The second-order valence-corrected chi connectivity index (χ2v) is 5.12. The molecule has 7 nitrogen and oxygen atoms in total. The highest BCUT2D eigenvalue weighted by Gasteiger charge is 2.36. The van der Waals surface area contributed by atoms with Crippen LogP contribution in [0.15, 0.2) is 24.5 Å². The second-order valence-electron chi connectivity index (χ2n) is 5.12. The summed E-state index contributed by atoms with van der Waals surface area (Å²) in [6.07, 6.45) is 5.54. The van der Waals surface area contributed by atoms with Crippen LogP contribution in [-0.4, -0.2) is 47.8 Å². The Morgan fingerprint density at radius 1 is 1.40 bits per heavy atom. The van der Waals surface area contributed by atoms with E-state index in [-0.39, 0.29) is 18.7 Å². The minimum atomic E-state index is 0.146. The number of aryl methyl sites for hydroxylation is 1. The lowest BCUT2D eigenvalue weighted by Crippen LogP contribution is -2.34. The lowest BCUT2D eigenvalue weighted by atomic mass is 10.2. The molecule has 3 heterocycles.